The Morgan fingerprint density at radius 1 is 1.40 bits per heavy atom. The number of nitrogens with zero attached hydrogens (tertiary/aromatic N) is 3. The SMILES string of the molecule is COOCc1ccc(Nc2cnccn2)c([N+](=O)[O-])c1. The summed E-state index contributed by atoms with van der Waals surface area (Å²) in [6, 6.07) is 4.70. The number of hydrogen-bond acceptors (Lipinski definition) is 7. The topological polar surface area (TPSA) is 99.4 Å². The van der Waals surface area contributed by atoms with Crippen molar-refractivity contribution < 1.29 is 14.7 Å². The predicted octanol–water partition coefficient (Wildman–Crippen LogP) is 2.21. The van der Waals surface area contributed by atoms with Crippen molar-refractivity contribution in [2.24, 2.45) is 0 Å². The monoisotopic (exact) mass is 276 g/mol. The Balaban J connectivity index is 2.26. The number of hydrogen-bond donors (Lipinski definition) is 1. The molecule has 1 aromatic carbocycles. The van der Waals surface area contributed by atoms with Gasteiger partial charge in [0.1, 0.15) is 18.1 Å². The summed E-state index contributed by atoms with van der Waals surface area (Å²) in [7, 11) is 1.37. The summed E-state index contributed by atoms with van der Waals surface area (Å²) in [5.41, 5.74) is 0.882. The first-order valence-corrected chi connectivity index (χ1v) is 5.66. The third kappa shape index (κ3) is 3.46. The zero-order chi connectivity index (χ0) is 14.4. The van der Waals surface area contributed by atoms with Gasteiger partial charge in [0.25, 0.3) is 5.69 Å². The molecule has 2 aromatic rings. The van der Waals surface area contributed by atoms with Crippen LogP contribution < -0.4 is 5.32 Å². The van der Waals surface area contributed by atoms with E-state index in [4.69, 9.17) is 4.89 Å². The molecule has 0 aliphatic carbocycles. The number of nitrogens with one attached hydrogen (secondary N) is 1. The average molecular weight is 276 g/mol. The van der Waals surface area contributed by atoms with Crippen LogP contribution in [-0.2, 0) is 16.4 Å². The van der Waals surface area contributed by atoms with Gasteiger partial charge in [0.15, 0.2) is 0 Å². The maximum absolute atomic E-state index is 11.1. The molecule has 0 bridgehead atoms. The van der Waals surface area contributed by atoms with E-state index in [2.05, 4.69) is 20.2 Å². The van der Waals surface area contributed by atoms with Gasteiger partial charge in [-0.1, -0.05) is 6.07 Å². The van der Waals surface area contributed by atoms with Crippen LogP contribution in [0.1, 0.15) is 5.56 Å². The van der Waals surface area contributed by atoms with Gasteiger partial charge in [0.2, 0.25) is 0 Å². The van der Waals surface area contributed by atoms with Crippen LogP contribution in [0.4, 0.5) is 17.2 Å². The first kappa shape index (κ1) is 13.8. The molecule has 8 nitrogen and oxygen atoms in total. The minimum Gasteiger partial charge on any atom is -0.333 e. The molecule has 8 heteroatoms. The van der Waals surface area contributed by atoms with E-state index in [1.54, 1.807) is 12.1 Å². The highest BCUT2D eigenvalue weighted by Crippen LogP contribution is 2.28. The fraction of sp³-hybridized carbons (Fsp3) is 0.167. The van der Waals surface area contributed by atoms with Crippen molar-refractivity contribution in [3.05, 3.63) is 52.5 Å². The second-order valence-electron chi connectivity index (χ2n) is 3.75. The summed E-state index contributed by atoms with van der Waals surface area (Å²) in [4.78, 5) is 27.7. The van der Waals surface area contributed by atoms with E-state index in [1.807, 2.05) is 0 Å². The fourth-order valence-electron chi connectivity index (χ4n) is 1.55. The van der Waals surface area contributed by atoms with Crippen LogP contribution in [0.5, 0.6) is 0 Å². The second kappa shape index (κ2) is 6.55. The highest BCUT2D eigenvalue weighted by molar-refractivity contribution is 5.68. The van der Waals surface area contributed by atoms with Crippen molar-refractivity contribution in [1.29, 1.82) is 0 Å². The van der Waals surface area contributed by atoms with E-state index in [0.717, 1.165) is 0 Å². The highest BCUT2D eigenvalue weighted by atomic mass is 17.2. The molecule has 0 saturated heterocycles. The highest BCUT2D eigenvalue weighted by Gasteiger charge is 2.15. The molecule has 0 spiro atoms. The van der Waals surface area contributed by atoms with Crippen LogP contribution in [0, 0.1) is 10.1 Å². The van der Waals surface area contributed by atoms with Crippen LogP contribution >= 0.6 is 0 Å². The maximum atomic E-state index is 11.1. The molecule has 1 aromatic heterocycles. The molecule has 1 N–H and O–H groups in total. The lowest BCUT2D eigenvalue weighted by Crippen LogP contribution is -2.00. The van der Waals surface area contributed by atoms with Gasteiger partial charge in [-0.15, -0.1) is 0 Å². The lowest BCUT2D eigenvalue weighted by molar-refractivity contribution is -0.384. The zero-order valence-corrected chi connectivity index (χ0v) is 10.6. The molecule has 0 unspecified atom stereocenters. The van der Waals surface area contributed by atoms with Gasteiger partial charge in [-0.05, 0) is 11.6 Å². The predicted molar refractivity (Wildman–Crippen MR) is 70.2 cm³/mol. The largest absolute Gasteiger partial charge is 0.333 e. The Kier molecular flexibility index (Phi) is 4.53. The Morgan fingerprint density at radius 3 is 2.90 bits per heavy atom. The smallest absolute Gasteiger partial charge is 0.293 e. The minimum absolute atomic E-state index is 0.0761. The van der Waals surface area contributed by atoms with Gasteiger partial charge >= 0.3 is 0 Å². The Morgan fingerprint density at radius 2 is 2.25 bits per heavy atom. The first-order chi connectivity index (χ1) is 9.70. The number of nitro groups is 1. The summed E-state index contributed by atoms with van der Waals surface area (Å²) < 4.78 is 0. The number of nitro benzene ring substituents is 1. The van der Waals surface area contributed by atoms with Gasteiger partial charge < -0.3 is 5.32 Å². The molecule has 1 heterocycles. The average Bonchev–Trinajstić information content (AvgIpc) is 2.47. The number of rotatable bonds is 6. The third-order valence-corrected chi connectivity index (χ3v) is 2.43. The molecule has 20 heavy (non-hydrogen) atoms. The minimum atomic E-state index is -0.477. The zero-order valence-electron chi connectivity index (χ0n) is 10.6. The van der Waals surface area contributed by atoms with Gasteiger partial charge in [-0.3, -0.25) is 15.1 Å². The number of aromatic nitrogens is 2. The fourth-order valence-corrected chi connectivity index (χ4v) is 1.55. The Labute approximate surface area is 114 Å². The molecule has 0 saturated carbocycles. The third-order valence-electron chi connectivity index (χ3n) is 2.43. The Bertz CT molecular complexity index is 591. The van der Waals surface area contributed by atoms with Crippen molar-refractivity contribution in [3.8, 4) is 0 Å². The summed E-state index contributed by atoms with van der Waals surface area (Å²) in [6.45, 7) is 0.128. The number of benzene rings is 1. The standard InChI is InChI=1S/C12H12N4O4/c1-19-20-8-9-2-3-10(11(6-9)16(17)18)15-12-7-13-4-5-14-12/h2-7H,8H2,1H3,(H,14,15). The summed E-state index contributed by atoms with van der Waals surface area (Å²) >= 11 is 0. The molecule has 104 valence electrons. The maximum Gasteiger partial charge on any atom is 0.293 e. The van der Waals surface area contributed by atoms with E-state index in [9.17, 15) is 10.1 Å². The molecule has 0 aliphatic rings. The van der Waals surface area contributed by atoms with E-state index >= 15 is 0 Å². The van der Waals surface area contributed by atoms with Crippen LogP contribution in [0.15, 0.2) is 36.8 Å². The van der Waals surface area contributed by atoms with Crippen LogP contribution in [0.2, 0.25) is 0 Å². The van der Waals surface area contributed by atoms with E-state index < -0.39 is 4.92 Å². The quantitative estimate of drug-likeness (QED) is 0.490. The lowest BCUT2D eigenvalue weighted by Gasteiger charge is -2.07. The summed E-state index contributed by atoms with van der Waals surface area (Å²) in [6.07, 6.45) is 4.49. The molecule has 2 rings (SSSR count). The molecule has 0 atom stereocenters. The van der Waals surface area contributed by atoms with Crippen LogP contribution in [0.25, 0.3) is 0 Å². The van der Waals surface area contributed by atoms with Crippen LogP contribution in [-0.4, -0.2) is 22.0 Å². The Hall–Kier alpha value is -2.58. The van der Waals surface area contributed by atoms with Gasteiger partial charge in [-0.2, -0.15) is 0 Å². The van der Waals surface area contributed by atoms with Crippen molar-refractivity contribution in [2.75, 3.05) is 12.4 Å². The van der Waals surface area contributed by atoms with E-state index in [1.165, 1.54) is 31.8 Å². The molecule has 0 radical (unpaired) electrons. The second-order valence-corrected chi connectivity index (χ2v) is 3.75. The molecular weight excluding hydrogens is 264 g/mol. The molecule has 0 amide bonds. The van der Waals surface area contributed by atoms with Crippen LogP contribution in [0.3, 0.4) is 0 Å². The van der Waals surface area contributed by atoms with E-state index in [-0.39, 0.29) is 12.3 Å². The van der Waals surface area contributed by atoms with Gasteiger partial charge in [0.05, 0.1) is 18.2 Å². The lowest BCUT2D eigenvalue weighted by atomic mass is 10.2. The number of anilines is 2. The van der Waals surface area contributed by atoms with Gasteiger partial charge in [-0.25, -0.2) is 14.8 Å². The van der Waals surface area contributed by atoms with Crippen molar-refractivity contribution >= 4 is 17.2 Å². The molecular formula is C12H12N4O4. The first-order valence-electron chi connectivity index (χ1n) is 5.66. The normalized spacial score (nSPS) is 10.2. The van der Waals surface area contributed by atoms with Gasteiger partial charge in [0, 0.05) is 18.5 Å². The van der Waals surface area contributed by atoms with Crippen molar-refractivity contribution in [1.82, 2.24) is 9.97 Å². The van der Waals surface area contributed by atoms with Crippen molar-refractivity contribution in [3.63, 3.8) is 0 Å². The van der Waals surface area contributed by atoms with Crippen molar-refractivity contribution in [2.45, 2.75) is 6.61 Å². The van der Waals surface area contributed by atoms with E-state index in [0.29, 0.717) is 17.1 Å². The molecule has 0 aliphatic heterocycles. The molecule has 0 fully saturated rings. The summed E-state index contributed by atoms with van der Waals surface area (Å²) in [5.74, 6) is 0.427. The summed E-state index contributed by atoms with van der Waals surface area (Å²) in [5, 5.41) is 13.9.